The van der Waals surface area contributed by atoms with Crippen molar-refractivity contribution in [1.29, 1.82) is 0 Å². The van der Waals surface area contributed by atoms with Crippen LogP contribution in [0.15, 0.2) is 97.1 Å². The normalized spacial score (nSPS) is 17.4. The first kappa shape index (κ1) is 46.4. The Kier molecular flexibility index (Phi) is 15.3. The van der Waals surface area contributed by atoms with Crippen molar-refractivity contribution in [2.24, 2.45) is 0 Å². The fourth-order valence-electron chi connectivity index (χ4n) is 6.85. The van der Waals surface area contributed by atoms with Crippen molar-refractivity contribution in [2.75, 3.05) is 76.3 Å². The highest BCUT2D eigenvalue weighted by molar-refractivity contribution is 6.47. The van der Waals surface area contributed by atoms with Crippen LogP contribution in [0.2, 0.25) is 0 Å². The van der Waals surface area contributed by atoms with Crippen LogP contribution in [-0.2, 0) is 31.4 Å². The van der Waals surface area contributed by atoms with Crippen LogP contribution < -0.4 is 20.7 Å². The molecule has 19 heteroatoms. The summed E-state index contributed by atoms with van der Waals surface area (Å²) in [6.45, 7) is 5.62. The van der Waals surface area contributed by atoms with Crippen LogP contribution in [0, 0.1) is 0 Å². The van der Waals surface area contributed by atoms with Crippen molar-refractivity contribution in [2.45, 2.75) is 31.0 Å². The molecular formula is C44H43F6N5O8. The molecule has 2 atom stereocenters. The molecule has 4 aromatic carbocycles. The molecule has 0 saturated carbocycles. The summed E-state index contributed by atoms with van der Waals surface area (Å²) in [5.41, 5.74) is -1.42. The number of benzene rings is 4. The second kappa shape index (κ2) is 20.8. The maximum absolute atomic E-state index is 12.8. The number of hydrogen-bond donors (Lipinski definition) is 3. The van der Waals surface area contributed by atoms with Crippen LogP contribution >= 0.6 is 0 Å². The quantitative estimate of drug-likeness (QED) is 0.0531. The first-order chi connectivity index (χ1) is 30.0. The predicted molar refractivity (Wildman–Crippen MR) is 216 cm³/mol. The minimum Gasteiger partial charge on any atom is -0.493 e. The van der Waals surface area contributed by atoms with Gasteiger partial charge in [-0.2, -0.15) is 26.3 Å². The van der Waals surface area contributed by atoms with Gasteiger partial charge in [-0.15, -0.1) is 0 Å². The number of ether oxygens (including phenoxy) is 3. The van der Waals surface area contributed by atoms with Crippen molar-refractivity contribution in [3.05, 3.63) is 125 Å². The molecule has 4 aromatic rings. The number of halogens is 6. The minimum absolute atomic E-state index is 0.174. The predicted octanol–water partition coefficient (Wildman–Crippen LogP) is 5.97. The number of carbonyl (C=O) groups excluding carboxylic acids is 5. The fraction of sp³-hybridized carbons (Fsp3) is 0.341. The molecule has 2 unspecified atom stereocenters. The number of nitrogens with zero attached hydrogens (tertiary/aromatic N) is 2. The summed E-state index contributed by atoms with van der Waals surface area (Å²) in [6, 6.07) is 19.0. The number of rotatable bonds is 16. The summed E-state index contributed by atoms with van der Waals surface area (Å²) in [5, 5.41) is 7.73. The second-order valence-electron chi connectivity index (χ2n) is 14.7. The van der Waals surface area contributed by atoms with Gasteiger partial charge in [-0.25, -0.2) is 0 Å². The molecule has 2 aliphatic heterocycles. The SMILES string of the molecule is O=C(Nc1ccc(C(=O)NCCN2CCOC(C3CN(CCCOc4cccc(NC(=O)C(=O)c5ccc(C(F)(F)F)cc5)c4)CCO3)C2)cc1)C(=O)c1ccc(C(F)(F)F)cc1. The molecule has 3 amide bonds. The van der Waals surface area contributed by atoms with Gasteiger partial charge in [0.1, 0.15) is 5.75 Å². The zero-order valence-corrected chi connectivity index (χ0v) is 33.6. The number of Topliss-reactive ketones (excluding diaryl/α,β-unsaturated/α-hetero) is 2. The lowest BCUT2D eigenvalue weighted by molar-refractivity contribution is -0.138. The molecule has 334 valence electrons. The van der Waals surface area contributed by atoms with Crippen LogP contribution in [0.4, 0.5) is 37.7 Å². The van der Waals surface area contributed by atoms with Gasteiger partial charge in [0.2, 0.25) is 0 Å². The van der Waals surface area contributed by atoms with Gasteiger partial charge in [0.05, 0.1) is 43.2 Å². The molecule has 0 spiro atoms. The monoisotopic (exact) mass is 883 g/mol. The Morgan fingerprint density at radius 2 is 1.11 bits per heavy atom. The van der Waals surface area contributed by atoms with Crippen LogP contribution in [0.5, 0.6) is 5.75 Å². The molecule has 0 aliphatic carbocycles. The van der Waals surface area contributed by atoms with E-state index in [4.69, 9.17) is 14.2 Å². The molecule has 63 heavy (non-hydrogen) atoms. The number of carbonyl (C=O) groups is 5. The summed E-state index contributed by atoms with van der Waals surface area (Å²) in [5.74, 6) is -3.92. The zero-order valence-electron chi connectivity index (χ0n) is 33.6. The highest BCUT2D eigenvalue weighted by Crippen LogP contribution is 2.30. The smallest absolute Gasteiger partial charge is 0.416 e. The van der Waals surface area contributed by atoms with Gasteiger partial charge < -0.3 is 30.2 Å². The topological polar surface area (TPSA) is 156 Å². The van der Waals surface area contributed by atoms with Gasteiger partial charge in [0.25, 0.3) is 29.3 Å². The van der Waals surface area contributed by atoms with Crippen LogP contribution in [0.25, 0.3) is 0 Å². The number of alkyl halides is 6. The third kappa shape index (κ3) is 13.2. The van der Waals surface area contributed by atoms with Crippen molar-refractivity contribution >= 4 is 40.7 Å². The van der Waals surface area contributed by atoms with Gasteiger partial charge >= 0.3 is 12.4 Å². The van der Waals surface area contributed by atoms with Gasteiger partial charge in [0.15, 0.2) is 0 Å². The Bertz CT molecular complexity index is 2240. The lowest BCUT2D eigenvalue weighted by atomic mass is 10.1. The Labute approximate surface area is 357 Å². The van der Waals surface area contributed by atoms with Gasteiger partial charge in [-0.05, 0) is 67.1 Å². The van der Waals surface area contributed by atoms with E-state index in [1.165, 1.54) is 24.3 Å². The Morgan fingerprint density at radius 1 is 0.619 bits per heavy atom. The molecule has 13 nitrogen and oxygen atoms in total. The number of hydrogen-bond acceptors (Lipinski definition) is 10. The molecule has 0 radical (unpaired) electrons. The summed E-state index contributed by atoms with van der Waals surface area (Å²) in [7, 11) is 0. The summed E-state index contributed by atoms with van der Waals surface area (Å²) < 4.78 is 95.0. The van der Waals surface area contributed by atoms with Crippen molar-refractivity contribution in [3.63, 3.8) is 0 Å². The summed E-state index contributed by atoms with van der Waals surface area (Å²) in [6.07, 6.45) is -8.83. The third-order valence-electron chi connectivity index (χ3n) is 10.2. The van der Waals surface area contributed by atoms with Crippen LogP contribution in [0.3, 0.4) is 0 Å². The average molecular weight is 884 g/mol. The summed E-state index contributed by atoms with van der Waals surface area (Å²) in [4.78, 5) is 67.1. The number of nitrogens with one attached hydrogen (secondary N) is 3. The van der Waals surface area contributed by atoms with Gasteiger partial charge in [-0.1, -0.05) is 30.3 Å². The Morgan fingerprint density at radius 3 is 1.63 bits per heavy atom. The lowest BCUT2D eigenvalue weighted by Gasteiger charge is -2.41. The summed E-state index contributed by atoms with van der Waals surface area (Å²) >= 11 is 0. The second-order valence-corrected chi connectivity index (χ2v) is 14.7. The fourth-order valence-corrected chi connectivity index (χ4v) is 6.85. The molecule has 0 bridgehead atoms. The first-order valence-corrected chi connectivity index (χ1v) is 19.9. The van der Waals surface area contributed by atoms with E-state index >= 15 is 0 Å². The largest absolute Gasteiger partial charge is 0.493 e. The lowest BCUT2D eigenvalue weighted by Crippen LogP contribution is -2.55. The Hall–Kier alpha value is -6.15. The zero-order chi connectivity index (χ0) is 45.1. The third-order valence-corrected chi connectivity index (χ3v) is 10.2. The van der Waals surface area contributed by atoms with E-state index in [0.717, 1.165) is 55.1 Å². The van der Waals surface area contributed by atoms with Crippen molar-refractivity contribution < 1.29 is 64.5 Å². The van der Waals surface area contributed by atoms with Crippen LogP contribution in [-0.4, -0.2) is 117 Å². The molecule has 2 fully saturated rings. The first-order valence-electron chi connectivity index (χ1n) is 19.9. The molecule has 2 heterocycles. The highest BCUT2D eigenvalue weighted by atomic mass is 19.4. The van der Waals surface area contributed by atoms with E-state index in [-0.39, 0.29) is 40.6 Å². The molecule has 2 aliphatic rings. The maximum atomic E-state index is 12.8. The number of amides is 3. The van der Waals surface area contributed by atoms with E-state index in [1.54, 1.807) is 24.3 Å². The van der Waals surface area contributed by atoms with E-state index in [1.807, 2.05) is 0 Å². The molecule has 6 rings (SSSR count). The van der Waals surface area contributed by atoms with E-state index in [2.05, 4.69) is 25.8 Å². The molecular weight excluding hydrogens is 840 g/mol. The maximum Gasteiger partial charge on any atom is 0.416 e. The minimum atomic E-state index is -4.58. The van der Waals surface area contributed by atoms with Crippen LogP contribution in [0.1, 0.15) is 48.6 Å². The van der Waals surface area contributed by atoms with Crippen molar-refractivity contribution in [1.82, 2.24) is 15.1 Å². The van der Waals surface area contributed by atoms with Gasteiger partial charge in [-0.3, -0.25) is 33.8 Å². The van der Waals surface area contributed by atoms with Crippen molar-refractivity contribution in [3.8, 4) is 5.75 Å². The Balaban J connectivity index is 0.873. The van der Waals surface area contributed by atoms with E-state index in [9.17, 15) is 50.3 Å². The number of ketones is 2. The van der Waals surface area contributed by atoms with E-state index < -0.39 is 46.9 Å². The van der Waals surface area contributed by atoms with E-state index in [0.29, 0.717) is 76.8 Å². The number of anilines is 2. The molecule has 2 saturated heterocycles. The standard InChI is InChI=1S/C44H43F6N5O8/c45-43(46,47)31-11-5-28(6-12-31)38(56)41(59)52-33-15-9-30(10-16-33)40(58)51-17-19-55-21-24-63-37(27-55)36-26-54(20-23-62-36)18-2-22-61-35-4-1-3-34(25-35)53-42(60)39(57)29-7-13-32(14-8-29)44(48,49)50/h1,3-16,25,36-37H,2,17-24,26-27H2,(H,51,58)(H,52,59)(H,53,60). The average Bonchev–Trinajstić information content (AvgIpc) is 3.27. The molecule has 0 aromatic heterocycles. The number of morpholine rings is 2. The highest BCUT2D eigenvalue weighted by Gasteiger charge is 2.34. The molecule has 3 N–H and O–H groups in total. The van der Waals surface area contributed by atoms with Gasteiger partial charge in [0, 0.05) is 79.9 Å².